The average Bonchev–Trinajstić information content (AvgIpc) is 3.04. The molecule has 5 nitrogen and oxygen atoms in total. The number of aromatic nitrogens is 1. The molecule has 2 aromatic rings. The molecule has 3 rings (SSSR count). The molecule has 0 atom stereocenters. The lowest BCUT2D eigenvalue weighted by Crippen LogP contribution is -2.53. The molecule has 1 aliphatic rings. The van der Waals surface area contributed by atoms with E-state index in [1.807, 2.05) is 13.0 Å². The maximum Gasteiger partial charge on any atom is 0.348 e. The predicted octanol–water partition coefficient (Wildman–Crippen LogP) is 2.95. The van der Waals surface area contributed by atoms with Crippen molar-refractivity contribution in [3.8, 4) is 5.75 Å². The number of rotatable bonds is 5. The van der Waals surface area contributed by atoms with Gasteiger partial charge >= 0.3 is 5.97 Å². The summed E-state index contributed by atoms with van der Waals surface area (Å²) in [7, 11) is 0. The molecule has 122 valence electrons. The zero-order chi connectivity index (χ0) is 16.3. The van der Waals surface area contributed by atoms with Gasteiger partial charge in [0.1, 0.15) is 5.75 Å². The van der Waals surface area contributed by atoms with E-state index in [-0.39, 0.29) is 0 Å². The van der Waals surface area contributed by atoms with Gasteiger partial charge in [-0.1, -0.05) is 0 Å². The summed E-state index contributed by atoms with van der Waals surface area (Å²) in [5.41, 5.74) is 1.01. The first-order chi connectivity index (χ1) is 11.1. The largest absolute Gasteiger partial charge is 0.478 e. The number of carbonyl (C=O) groups is 1. The van der Waals surface area contributed by atoms with E-state index in [9.17, 15) is 9.90 Å². The van der Waals surface area contributed by atoms with E-state index in [1.165, 1.54) is 5.56 Å². The highest BCUT2D eigenvalue weighted by atomic mass is 32.1. The second kappa shape index (κ2) is 6.68. The van der Waals surface area contributed by atoms with Crippen molar-refractivity contribution >= 4 is 17.3 Å². The smallest absolute Gasteiger partial charge is 0.348 e. The zero-order valence-corrected chi connectivity index (χ0v) is 13.9. The molecule has 1 saturated heterocycles. The standard InChI is InChI=1S/C17H20N2O3S/c1-13-2-3-15(10-18-13)22-17(16(20)21)5-7-19(8-6-17)11-14-4-9-23-12-14/h2-4,9-10,12H,5-8,11H2,1H3,(H,20,21). The Morgan fingerprint density at radius 2 is 2.17 bits per heavy atom. The number of piperidine rings is 1. The highest BCUT2D eigenvalue weighted by Gasteiger charge is 2.44. The van der Waals surface area contributed by atoms with E-state index >= 15 is 0 Å². The van der Waals surface area contributed by atoms with Crippen molar-refractivity contribution < 1.29 is 14.6 Å². The molecule has 0 aliphatic carbocycles. The Morgan fingerprint density at radius 1 is 1.39 bits per heavy atom. The molecule has 0 spiro atoms. The predicted molar refractivity (Wildman–Crippen MR) is 88.8 cm³/mol. The third kappa shape index (κ3) is 3.71. The monoisotopic (exact) mass is 332 g/mol. The van der Waals surface area contributed by atoms with Gasteiger partial charge in [0.25, 0.3) is 0 Å². The minimum absolute atomic E-state index is 0.473. The van der Waals surface area contributed by atoms with E-state index in [1.54, 1.807) is 23.6 Å². The van der Waals surface area contributed by atoms with Gasteiger partial charge in [-0.25, -0.2) is 4.79 Å². The molecule has 3 heterocycles. The molecule has 0 bridgehead atoms. The molecule has 0 amide bonds. The summed E-state index contributed by atoms with van der Waals surface area (Å²) < 4.78 is 5.86. The van der Waals surface area contributed by atoms with Crippen LogP contribution in [-0.2, 0) is 11.3 Å². The first-order valence-electron chi connectivity index (χ1n) is 7.66. The number of likely N-dealkylation sites (tertiary alicyclic amines) is 1. The number of carboxylic acids is 1. The highest BCUT2D eigenvalue weighted by Crippen LogP contribution is 2.30. The van der Waals surface area contributed by atoms with Crippen molar-refractivity contribution in [3.63, 3.8) is 0 Å². The number of aryl methyl sites for hydroxylation is 1. The number of hydrogen-bond donors (Lipinski definition) is 1. The van der Waals surface area contributed by atoms with Crippen LogP contribution in [0, 0.1) is 6.92 Å². The van der Waals surface area contributed by atoms with E-state index < -0.39 is 11.6 Å². The minimum atomic E-state index is -1.15. The van der Waals surface area contributed by atoms with Crippen molar-refractivity contribution in [2.45, 2.75) is 31.9 Å². The first kappa shape index (κ1) is 16.0. The second-order valence-electron chi connectivity index (χ2n) is 5.94. The van der Waals surface area contributed by atoms with Crippen molar-refractivity contribution in [3.05, 3.63) is 46.4 Å². The highest BCUT2D eigenvalue weighted by molar-refractivity contribution is 7.07. The van der Waals surface area contributed by atoms with Gasteiger partial charge in [-0.3, -0.25) is 9.88 Å². The summed E-state index contributed by atoms with van der Waals surface area (Å²) in [5.74, 6) is -0.377. The van der Waals surface area contributed by atoms with Crippen LogP contribution in [-0.4, -0.2) is 39.7 Å². The summed E-state index contributed by atoms with van der Waals surface area (Å²) in [4.78, 5) is 18.3. The Morgan fingerprint density at radius 3 is 2.74 bits per heavy atom. The molecule has 1 fully saturated rings. The van der Waals surface area contributed by atoms with Crippen molar-refractivity contribution in [2.24, 2.45) is 0 Å². The number of thiophene rings is 1. The molecular weight excluding hydrogens is 312 g/mol. The third-order valence-corrected chi connectivity index (χ3v) is 4.97. The van der Waals surface area contributed by atoms with Crippen LogP contribution in [0.15, 0.2) is 35.2 Å². The molecule has 23 heavy (non-hydrogen) atoms. The fourth-order valence-corrected chi connectivity index (χ4v) is 3.47. The molecular formula is C17H20N2O3S. The Bertz CT molecular complexity index is 647. The topological polar surface area (TPSA) is 62.7 Å². The van der Waals surface area contributed by atoms with Crippen LogP contribution in [0.4, 0.5) is 0 Å². The van der Waals surface area contributed by atoms with Crippen LogP contribution >= 0.6 is 11.3 Å². The number of ether oxygens (including phenoxy) is 1. The second-order valence-corrected chi connectivity index (χ2v) is 6.72. The van der Waals surface area contributed by atoms with E-state index in [0.717, 1.165) is 12.2 Å². The van der Waals surface area contributed by atoms with Gasteiger partial charge < -0.3 is 9.84 Å². The van der Waals surface area contributed by atoms with E-state index in [2.05, 4.69) is 26.7 Å². The van der Waals surface area contributed by atoms with Gasteiger partial charge in [0.05, 0.1) is 6.20 Å². The van der Waals surface area contributed by atoms with Crippen LogP contribution in [0.3, 0.4) is 0 Å². The Kier molecular flexibility index (Phi) is 4.63. The minimum Gasteiger partial charge on any atom is -0.478 e. The molecule has 6 heteroatoms. The molecule has 1 N–H and O–H groups in total. The van der Waals surface area contributed by atoms with Crippen LogP contribution in [0.2, 0.25) is 0 Å². The molecule has 0 saturated carbocycles. The number of nitrogens with zero attached hydrogens (tertiary/aromatic N) is 2. The fraction of sp³-hybridized carbons (Fsp3) is 0.412. The third-order valence-electron chi connectivity index (χ3n) is 4.24. The summed E-state index contributed by atoms with van der Waals surface area (Å²) in [6.07, 6.45) is 2.54. The SMILES string of the molecule is Cc1ccc(OC2(C(=O)O)CCN(Cc3ccsc3)CC2)cn1. The lowest BCUT2D eigenvalue weighted by Gasteiger charge is -2.38. The van der Waals surface area contributed by atoms with Crippen LogP contribution in [0.25, 0.3) is 0 Å². The van der Waals surface area contributed by atoms with Crippen molar-refractivity contribution in [1.82, 2.24) is 9.88 Å². The van der Waals surface area contributed by atoms with Crippen LogP contribution < -0.4 is 4.74 Å². The maximum atomic E-state index is 11.8. The number of aliphatic carboxylic acids is 1. The molecule has 0 radical (unpaired) electrons. The Hall–Kier alpha value is -1.92. The number of hydrogen-bond acceptors (Lipinski definition) is 5. The average molecular weight is 332 g/mol. The maximum absolute atomic E-state index is 11.8. The van der Waals surface area contributed by atoms with Gasteiger partial charge in [-0.2, -0.15) is 11.3 Å². The fourth-order valence-electron chi connectivity index (χ4n) is 2.81. The quantitative estimate of drug-likeness (QED) is 0.912. The normalized spacial score (nSPS) is 17.8. The van der Waals surface area contributed by atoms with Crippen LogP contribution in [0.5, 0.6) is 5.75 Å². The lowest BCUT2D eigenvalue weighted by molar-refractivity contribution is -0.159. The number of carboxylic acid groups (broad SMARTS) is 1. The van der Waals surface area contributed by atoms with Crippen molar-refractivity contribution in [1.29, 1.82) is 0 Å². The van der Waals surface area contributed by atoms with Gasteiger partial charge in [0.15, 0.2) is 0 Å². The number of pyridine rings is 1. The summed E-state index contributed by atoms with van der Waals surface area (Å²) in [6.45, 7) is 4.17. The zero-order valence-electron chi connectivity index (χ0n) is 13.1. The molecule has 2 aromatic heterocycles. The van der Waals surface area contributed by atoms with Gasteiger partial charge in [-0.05, 0) is 41.4 Å². The van der Waals surface area contributed by atoms with E-state index in [4.69, 9.17) is 4.74 Å². The first-order valence-corrected chi connectivity index (χ1v) is 8.60. The lowest BCUT2D eigenvalue weighted by atomic mass is 9.91. The van der Waals surface area contributed by atoms with Crippen LogP contribution in [0.1, 0.15) is 24.1 Å². The molecule has 0 unspecified atom stereocenters. The summed E-state index contributed by atoms with van der Waals surface area (Å²) >= 11 is 1.68. The summed E-state index contributed by atoms with van der Waals surface area (Å²) in [6, 6.07) is 5.72. The summed E-state index contributed by atoms with van der Waals surface area (Å²) in [5, 5.41) is 13.9. The molecule has 1 aliphatic heterocycles. The van der Waals surface area contributed by atoms with Gasteiger partial charge in [0.2, 0.25) is 5.60 Å². The van der Waals surface area contributed by atoms with Gasteiger partial charge in [0, 0.05) is 38.2 Å². The Labute approximate surface area is 139 Å². The van der Waals surface area contributed by atoms with Crippen molar-refractivity contribution in [2.75, 3.05) is 13.1 Å². The van der Waals surface area contributed by atoms with E-state index in [0.29, 0.717) is 31.7 Å². The van der Waals surface area contributed by atoms with Gasteiger partial charge in [-0.15, -0.1) is 0 Å². The Balaban J connectivity index is 1.66. The molecule has 0 aromatic carbocycles.